The first kappa shape index (κ1) is 26.2. The van der Waals surface area contributed by atoms with Crippen LogP contribution in [-0.2, 0) is 9.47 Å². The van der Waals surface area contributed by atoms with Gasteiger partial charge in [-0.2, -0.15) is 0 Å². The van der Waals surface area contributed by atoms with Crippen molar-refractivity contribution >= 4 is 0 Å². The van der Waals surface area contributed by atoms with Gasteiger partial charge in [-0.15, -0.1) is 0 Å². The molecule has 0 radical (unpaired) electrons. The Bertz CT molecular complexity index is 807. The number of allylic oxidation sites excluding steroid dienone is 2. The molecule has 34 heavy (non-hydrogen) atoms. The van der Waals surface area contributed by atoms with Crippen LogP contribution in [0.25, 0.3) is 0 Å². The molecule has 1 saturated carbocycles. The largest absolute Gasteiger partial charge is 0.396 e. The summed E-state index contributed by atoms with van der Waals surface area (Å²) in [4.78, 5) is 0. The highest BCUT2D eigenvalue weighted by Crippen LogP contribution is 2.55. The first-order chi connectivity index (χ1) is 16.0. The molecule has 0 aromatic carbocycles. The van der Waals surface area contributed by atoms with Gasteiger partial charge in [-0.3, -0.25) is 0 Å². The smallest absolute Gasteiger partial charge is 0.187 e. The zero-order chi connectivity index (χ0) is 24.9. The quantitative estimate of drug-likeness (QED) is 0.318. The van der Waals surface area contributed by atoms with Crippen LogP contribution in [-0.4, -0.2) is 86.8 Å². The van der Waals surface area contributed by atoms with E-state index >= 15 is 0 Å². The van der Waals surface area contributed by atoms with E-state index in [0.717, 1.165) is 31.3 Å². The summed E-state index contributed by atoms with van der Waals surface area (Å²) >= 11 is 0. The first-order valence-corrected chi connectivity index (χ1v) is 12.7. The van der Waals surface area contributed by atoms with Gasteiger partial charge in [-0.25, -0.2) is 0 Å². The van der Waals surface area contributed by atoms with E-state index in [4.69, 9.17) is 9.47 Å². The van der Waals surface area contributed by atoms with Crippen molar-refractivity contribution in [3.05, 3.63) is 22.8 Å². The molecule has 4 aliphatic rings. The maximum atomic E-state index is 11.7. The molecular formula is C26H42O8. The summed E-state index contributed by atoms with van der Waals surface area (Å²) in [7, 11) is 0. The fraction of sp³-hybridized carbons (Fsp3) is 0.846. The van der Waals surface area contributed by atoms with Gasteiger partial charge in [0.1, 0.15) is 30.5 Å². The minimum Gasteiger partial charge on any atom is -0.396 e. The van der Waals surface area contributed by atoms with Crippen molar-refractivity contribution in [1.82, 2.24) is 0 Å². The Morgan fingerprint density at radius 1 is 1.03 bits per heavy atom. The molecule has 0 amide bonds. The molecule has 0 aromatic rings. The van der Waals surface area contributed by atoms with E-state index in [1.807, 2.05) is 6.92 Å². The molecule has 4 rings (SSSR count). The summed E-state index contributed by atoms with van der Waals surface area (Å²) in [6, 6.07) is 0. The zero-order valence-electron chi connectivity index (χ0n) is 20.7. The molecule has 1 heterocycles. The standard InChI is InChI=1S/C26H42O8/c1-12(2)15-7-8-26(4)9-17-14(10-27)5-6-16(17)13(3)20(29)24(19(15)26)34-25-23(32)22(31)21(30)18(11-28)33-25/h9,12-14,16,18,20-25,27-32H,5-8,10-11H2,1-4H3/t13-,14-,16+,18-,20-,21-,22+,23-,24-,25-,26-/m1/s1. The molecule has 8 heteroatoms. The maximum Gasteiger partial charge on any atom is 0.187 e. The lowest BCUT2D eigenvalue weighted by molar-refractivity contribution is -0.315. The van der Waals surface area contributed by atoms with Crippen LogP contribution in [0, 0.1) is 29.1 Å². The Kier molecular flexibility index (Phi) is 7.64. The highest BCUT2D eigenvalue weighted by atomic mass is 16.7. The number of hydrogen-bond donors (Lipinski definition) is 6. The molecule has 0 spiro atoms. The second kappa shape index (κ2) is 9.90. The van der Waals surface area contributed by atoms with Crippen LogP contribution in [0.2, 0.25) is 0 Å². The summed E-state index contributed by atoms with van der Waals surface area (Å²) < 4.78 is 12.0. The second-order valence-electron chi connectivity index (χ2n) is 11.3. The average Bonchev–Trinajstić information content (AvgIpc) is 3.36. The average molecular weight is 483 g/mol. The van der Waals surface area contributed by atoms with Crippen molar-refractivity contribution in [1.29, 1.82) is 0 Å². The van der Waals surface area contributed by atoms with E-state index in [-0.39, 0.29) is 35.7 Å². The molecule has 0 bridgehead atoms. The summed E-state index contributed by atoms with van der Waals surface area (Å²) in [5, 5.41) is 62.5. The van der Waals surface area contributed by atoms with Gasteiger partial charge in [0.15, 0.2) is 6.29 Å². The topological polar surface area (TPSA) is 140 Å². The Morgan fingerprint density at radius 2 is 1.74 bits per heavy atom. The predicted octanol–water partition coefficient (Wildman–Crippen LogP) is 0.880. The van der Waals surface area contributed by atoms with Gasteiger partial charge in [0.05, 0.1) is 12.7 Å². The van der Waals surface area contributed by atoms with Gasteiger partial charge < -0.3 is 40.1 Å². The van der Waals surface area contributed by atoms with Crippen LogP contribution in [0.1, 0.15) is 53.4 Å². The van der Waals surface area contributed by atoms with E-state index in [1.165, 1.54) is 11.1 Å². The highest BCUT2D eigenvalue weighted by Gasteiger charge is 2.52. The summed E-state index contributed by atoms with van der Waals surface area (Å²) in [6.45, 7) is 7.96. The van der Waals surface area contributed by atoms with Gasteiger partial charge in [-0.05, 0) is 49.0 Å². The minimum atomic E-state index is -1.54. The molecule has 2 fully saturated rings. The maximum absolute atomic E-state index is 11.7. The van der Waals surface area contributed by atoms with E-state index in [0.29, 0.717) is 0 Å². The zero-order valence-corrected chi connectivity index (χ0v) is 20.7. The van der Waals surface area contributed by atoms with E-state index in [2.05, 4.69) is 26.8 Å². The van der Waals surface area contributed by atoms with Crippen molar-refractivity contribution in [3.8, 4) is 0 Å². The number of rotatable bonds is 5. The normalized spacial score (nSPS) is 47.3. The lowest BCUT2D eigenvalue weighted by Gasteiger charge is -2.45. The fourth-order valence-electron chi connectivity index (χ4n) is 6.82. The van der Waals surface area contributed by atoms with Gasteiger partial charge in [0.25, 0.3) is 0 Å². The molecule has 1 saturated heterocycles. The number of fused-ring (bicyclic) bond motifs is 2. The molecule has 1 aliphatic heterocycles. The predicted molar refractivity (Wildman–Crippen MR) is 124 cm³/mol. The van der Waals surface area contributed by atoms with E-state index < -0.39 is 49.5 Å². The van der Waals surface area contributed by atoms with Crippen molar-refractivity contribution < 1.29 is 40.1 Å². The number of aliphatic hydroxyl groups is 6. The van der Waals surface area contributed by atoms with Crippen LogP contribution < -0.4 is 0 Å². The Labute approximate surface area is 201 Å². The molecule has 11 atom stereocenters. The van der Waals surface area contributed by atoms with Crippen LogP contribution in [0.5, 0.6) is 0 Å². The van der Waals surface area contributed by atoms with Crippen LogP contribution in [0.4, 0.5) is 0 Å². The third-order valence-electron chi connectivity index (χ3n) is 8.90. The fourth-order valence-corrected chi connectivity index (χ4v) is 6.82. The summed E-state index contributed by atoms with van der Waals surface area (Å²) in [5.74, 6) is 0.285. The second-order valence-corrected chi connectivity index (χ2v) is 11.3. The van der Waals surface area contributed by atoms with Gasteiger partial charge >= 0.3 is 0 Å². The third-order valence-corrected chi connectivity index (χ3v) is 8.90. The molecule has 3 aliphatic carbocycles. The van der Waals surface area contributed by atoms with Gasteiger partial charge in [-0.1, -0.05) is 44.9 Å². The molecule has 0 aromatic heterocycles. The lowest BCUT2D eigenvalue weighted by Crippen LogP contribution is -2.60. The lowest BCUT2D eigenvalue weighted by atomic mass is 9.68. The van der Waals surface area contributed by atoms with E-state index in [1.54, 1.807) is 0 Å². The van der Waals surface area contributed by atoms with Crippen molar-refractivity contribution in [3.63, 3.8) is 0 Å². The summed E-state index contributed by atoms with van der Waals surface area (Å²) in [6.07, 6.45) is -2.83. The number of aliphatic hydroxyl groups excluding tert-OH is 6. The Morgan fingerprint density at radius 3 is 2.35 bits per heavy atom. The van der Waals surface area contributed by atoms with Crippen LogP contribution in [0.15, 0.2) is 22.8 Å². The van der Waals surface area contributed by atoms with Crippen molar-refractivity contribution in [2.45, 2.75) is 96.3 Å². The molecule has 194 valence electrons. The SMILES string of the molecule is CC(C)C1=C2[C@@H](O[C@H]3O[C@H](CO)[C@@H](O)[C@H](O)[C@H]3O)[C@H](O)[C@H](C)[C@@H]3CC[C@H](CO)C3=C[C@@]2(C)CC1. The number of hydrogen-bond acceptors (Lipinski definition) is 8. The summed E-state index contributed by atoms with van der Waals surface area (Å²) in [5.41, 5.74) is 3.03. The Balaban J connectivity index is 1.78. The van der Waals surface area contributed by atoms with E-state index in [9.17, 15) is 30.6 Å². The van der Waals surface area contributed by atoms with Crippen LogP contribution in [0.3, 0.4) is 0 Å². The molecule has 6 N–H and O–H groups in total. The Hall–Kier alpha value is -0.840. The molecular weight excluding hydrogens is 440 g/mol. The monoisotopic (exact) mass is 482 g/mol. The number of ether oxygens (including phenoxy) is 2. The molecule has 0 unspecified atom stereocenters. The van der Waals surface area contributed by atoms with Crippen molar-refractivity contribution in [2.75, 3.05) is 13.2 Å². The van der Waals surface area contributed by atoms with Crippen LogP contribution >= 0.6 is 0 Å². The highest BCUT2D eigenvalue weighted by molar-refractivity contribution is 5.41. The minimum absolute atomic E-state index is 0.0993. The molecule has 8 nitrogen and oxygen atoms in total. The third kappa shape index (κ3) is 4.30. The van der Waals surface area contributed by atoms with Crippen molar-refractivity contribution in [2.24, 2.45) is 29.1 Å². The van der Waals surface area contributed by atoms with Gasteiger partial charge in [0, 0.05) is 17.9 Å². The van der Waals surface area contributed by atoms with Gasteiger partial charge in [0.2, 0.25) is 0 Å². The first-order valence-electron chi connectivity index (χ1n) is 12.7.